The molecule has 1 fully saturated rings. The van der Waals surface area contributed by atoms with E-state index in [1.54, 1.807) is 12.5 Å². The van der Waals surface area contributed by atoms with E-state index in [2.05, 4.69) is 24.8 Å². The standard InChI is InChI=1S/C16H17N5.ClH/c1-4-8-21(9-5-1)16-15-14(18-11-19-16)10-13(20-15)12-6-2-3-7-17-12;/h2-3,6-7,10-11,20H,1,4-5,8-9H2;1H. The topological polar surface area (TPSA) is 57.7 Å². The number of halogens is 1. The number of pyridine rings is 1. The molecule has 4 heterocycles. The summed E-state index contributed by atoms with van der Waals surface area (Å²) < 4.78 is 0. The highest BCUT2D eigenvalue weighted by Crippen LogP contribution is 2.28. The summed E-state index contributed by atoms with van der Waals surface area (Å²) in [6.07, 6.45) is 7.24. The second-order valence-corrected chi connectivity index (χ2v) is 5.40. The molecule has 0 saturated carbocycles. The molecule has 0 amide bonds. The van der Waals surface area contributed by atoms with Gasteiger partial charge in [0.2, 0.25) is 0 Å². The van der Waals surface area contributed by atoms with E-state index >= 15 is 0 Å². The molecule has 0 aliphatic carbocycles. The lowest BCUT2D eigenvalue weighted by molar-refractivity contribution is 0.574. The highest BCUT2D eigenvalue weighted by atomic mass is 35.5. The lowest BCUT2D eigenvalue weighted by atomic mass is 10.1. The SMILES string of the molecule is Cl.c1ccc(-c2cc3ncnc(N4CCCCC4)c3[nH]2)nc1. The highest BCUT2D eigenvalue weighted by Gasteiger charge is 2.17. The molecule has 3 aromatic rings. The second-order valence-electron chi connectivity index (χ2n) is 5.40. The highest BCUT2D eigenvalue weighted by molar-refractivity contribution is 5.90. The Labute approximate surface area is 135 Å². The van der Waals surface area contributed by atoms with Crippen molar-refractivity contribution in [2.45, 2.75) is 19.3 Å². The van der Waals surface area contributed by atoms with Crippen LogP contribution in [0.3, 0.4) is 0 Å². The maximum absolute atomic E-state index is 4.50. The number of nitrogens with zero attached hydrogens (tertiary/aromatic N) is 4. The van der Waals surface area contributed by atoms with Gasteiger partial charge in [0.15, 0.2) is 5.82 Å². The summed E-state index contributed by atoms with van der Waals surface area (Å²) in [5.41, 5.74) is 3.88. The van der Waals surface area contributed by atoms with Crippen molar-refractivity contribution in [2.75, 3.05) is 18.0 Å². The van der Waals surface area contributed by atoms with Crippen molar-refractivity contribution in [1.29, 1.82) is 0 Å². The van der Waals surface area contributed by atoms with E-state index < -0.39 is 0 Å². The monoisotopic (exact) mass is 315 g/mol. The molecule has 0 aromatic carbocycles. The summed E-state index contributed by atoms with van der Waals surface area (Å²) in [6, 6.07) is 7.96. The molecule has 3 aromatic heterocycles. The van der Waals surface area contributed by atoms with Gasteiger partial charge in [-0.25, -0.2) is 9.97 Å². The Kier molecular flexibility index (Phi) is 4.24. The Hall–Kier alpha value is -2.14. The third-order valence-electron chi connectivity index (χ3n) is 3.99. The van der Waals surface area contributed by atoms with Gasteiger partial charge in [-0.3, -0.25) is 4.98 Å². The number of hydrogen-bond acceptors (Lipinski definition) is 4. The van der Waals surface area contributed by atoms with Gasteiger partial charge < -0.3 is 9.88 Å². The molecule has 4 rings (SSSR count). The summed E-state index contributed by atoms with van der Waals surface area (Å²) in [6.45, 7) is 2.15. The van der Waals surface area contributed by atoms with E-state index in [-0.39, 0.29) is 12.4 Å². The Morgan fingerprint density at radius 3 is 2.64 bits per heavy atom. The minimum absolute atomic E-state index is 0. The second kappa shape index (κ2) is 6.32. The van der Waals surface area contributed by atoms with Crippen LogP contribution in [0.4, 0.5) is 5.82 Å². The van der Waals surface area contributed by atoms with Crippen LogP contribution in [0.2, 0.25) is 0 Å². The van der Waals surface area contributed by atoms with Crippen molar-refractivity contribution < 1.29 is 0 Å². The Morgan fingerprint density at radius 1 is 1.00 bits per heavy atom. The average molecular weight is 316 g/mol. The Balaban J connectivity index is 0.00000144. The molecule has 5 nitrogen and oxygen atoms in total. The van der Waals surface area contributed by atoms with E-state index in [4.69, 9.17) is 0 Å². The van der Waals surface area contributed by atoms with Gasteiger partial charge in [0.1, 0.15) is 11.8 Å². The molecule has 1 aliphatic rings. The number of rotatable bonds is 2. The van der Waals surface area contributed by atoms with Gasteiger partial charge in [0.05, 0.1) is 16.9 Å². The normalized spacial score (nSPS) is 14.8. The van der Waals surface area contributed by atoms with E-state index in [1.165, 1.54) is 19.3 Å². The van der Waals surface area contributed by atoms with Gasteiger partial charge in [-0.2, -0.15) is 0 Å². The zero-order chi connectivity index (χ0) is 14.1. The molecule has 114 valence electrons. The van der Waals surface area contributed by atoms with Crippen LogP contribution < -0.4 is 4.90 Å². The quantitative estimate of drug-likeness (QED) is 0.787. The molecule has 6 heteroatoms. The van der Waals surface area contributed by atoms with Crippen LogP contribution in [-0.4, -0.2) is 33.0 Å². The average Bonchev–Trinajstić information content (AvgIpc) is 3.00. The molecule has 1 N–H and O–H groups in total. The smallest absolute Gasteiger partial charge is 0.156 e. The van der Waals surface area contributed by atoms with Crippen LogP contribution in [0.5, 0.6) is 0 Å². The predicted octanol–water partition coefficient (Wildman–Crippen LogP) is 3.43. The van der Waals surface area contributed by atoms with Crippen molar-refractivity contribution in [3.63, 3.8) is 0 Å². The number of piperidine rings is 1. The van der Waals surface area contributed by atoms with Crippen molar-refractivity contribution in [1.82, 2.24) is 19.9 Å². The first-order chi connectivity index (χ1) is 10.4. The first-order valence-corrected chi connectivity index (χ1v) is 7.42. The van der Waals surface area contributed by atoms with Crippen LogP contribution in [-0.2, 0) is 0 Å². The number of nitrogens with one attached hydrogen (secondary N) is 1. The van der Waals surface area contributed by atoms with Crippen molar-refractivity contribution in [2.24, 2.45) is 0 Å². The number of fused-ring (bicyclic) bond motifs is 1. The summed E-state index contributed by atoms with van der Waals surface area (Å²) >= 11 is 0. The fraction of sp³-hybridized carbons (Fsp3) is 0.312. The molecular formula is C16H18ClN5. The lowest BCUT2D eigenvalue weighted by Gasteiger charge is -2.27. The molecule has 0 atom stereocenters. The number of hydrogen-bond donors (Lipinski definition) is 1. The van der Waals surface area contributed by atoms with Gasteiger partial charge in [-0.1, -0.05) is 6.07 Å². The van der Waals surface area contributed by atoms with Crippen LogP contribution in [0.15, 0.2) is 36.8 Å². The molecule has 1 saturated heterocycles. The van der Waals surface area contributed by atoms with Gasteiger partial charge in [0.25, 0.3) is 0 Å². The molecule has 0 bridgehead atoms. The van der Waals surface area contributed by atoms with E-state index in [0.29, 0.717) is 0 Å². The zero-order valence-electron chi connectivity index (χ0n) is 12.2. The molecule has 0 unspecified atom stereocenters. The predicted molar refractivity (Wildman–Crippen MR) is 90.4 cm³/mol. The first-order valence-electron chi connectivity index (χ1n) is 7.42. The maximum Gasteiger partial charge on any atom is 0.156 e. The summed E-state index contributed by atoms with van der Waals surface area (Å²) in [4.78, 5) is 19.1. The summed E-state index contributed by atoms with van der Waals surface area (Å²) in [5.74, 6) is 1.02. The van der Waals surface area contributed by atoms with E-state index in [1.807, 2.05) is 24.3 Å². The van der Waals surface area contributed by atoms with Crippen molar-refractivity contribution >= 4 is 29.3 Å². The van der Waals surface area contributed by atoms with Gasteiger partial charge >= 0.3 is 0 Å². The number of aromatic amines is 1. The third kappa shape index (κ3) is 2.64. The number of anilines is 1. The third-order valence-corrected chi connectivity index (χ3v) is 3.99. The largest absolute Gasteiger partial charge is 0.355 e. The molecule has 0 spiro atoms. The van der Waals surface area contributed by atoms with Crippen LogP contribution >= 0.6 is 12.4 Å². The maximum atomic E-state index is 4.50. The van der Waals surface area contributed by atoms with Gasteiger partial charge in [-0.05, 0) is 37.5 Å². The minimum Gasteiger partial charge on any atom is -0.355 e. The molecule has 0 radical (unpaired) electrons. The van der Waals surface area contributed by atoms with E-state index in [0.717, 1.165) is 41.3 Å². The van der Waals surface area contributed by atoms with Crippen LogP contribution in [0, 0.1) is 0 Å². The molecular weight excluding hydrogens is 298 g/mol. The fourth-order valence-corrected chi connectivity index (χ4v) is 2.93. The first kappa shape index (κ1) is 14.8. The lowest BCUT2D eigenvalue weighted by Crippen LogP contribution is -2.30. The number of aromatic nitrogens is 4. The zero-order valence-corrected chi connectivity index (χ0v) is 13.0. The number of H-pyrrole nitrogens is 1. The van der Waals surface area contributed by atoms with Gasteiger partial charge in [-0.15, -0.1) is 12.4 Å². The van der Waals surface area contributed by atoms with Crippen molar-refractivity contribution in [3.05, 3.63) is 36.8 Å². The molecule has 1 aliphatic heterocycles. The van der Waals surface area contributed by atoms with Crippen LogP contribution in [0.25, 0.3) is 22.4 Å². The Morgan fingerprint density at radius 2 is 1.86 bits per heavy atom. The summed E-state index contributed by atoms with van der Waals surface area (Å²) in [7, 11) is 0. The van der Waals surface area contributed by atoms with Crippen molar-refractivity contribution in [3.8, 4) is 11.4 Å². The summed E-state index contributed by atoms with van der Waals surface area (Å²) in [5, 5.41) is 0. The van der Waals surface area contributed by atoms with Crippen LogP contribution in [0.1, 0.15) is 19.3 Å². The van der Waals surface area contributed by atoms with E-state index in [9.17, 15) is 0 Å². The molecule has 22 heavy (non-hydrogen) atoms. The Bertz CT molecular complexity index is 750. The minimum atomic E-state index is 0. The van der Waals surface area contributed by atoms with Gasteiger partial charge in [0, 0.05) is 19.3 Å². The fourth-order valence-electron chi connectivity index (χ4n) is 2.93.